The van der Waals surface area contributed by atoms with Crippen LogP contribution in [-0.2, 0) is 25.7 Å². The Bertz CT molecular complexity index is 1120. The van der Waals surface area contributed by atoms with Crippen LogP contribution in [0.3, 0.4) is 0 Å². The zero-order chi connectivity index (χ0) is 23.5. The van der Waals surface area contributed by atoms with Gasteiger partial charge >= 0.3 is 0 Å². The summed E-state index contributed by atoms with van der Waals surface area (Å²) in [6.45, 7) is 1.40. The number of carbonyl (C=O) groups is 1. The maximum atomic E-state index is 15.4. The monoisotopic (exact) mass is 529 g/mol. The highest BCUT2D eigenvalue weighted by Crippen LogP contribution is 2.38. The van der Waals surface area contributed by atoms with Crippen LogP contribution in [0.5, 0.6) is 0 Å². The van der Waals surface area contributed by atoms with Crippen LogP contribution in [0.25, 0.3) is 0 Å². The Hall–Kier alpha value is -2.09. The fourth-order valence-corrected chi connectivity index (χ4v) is 6.88. The summed E-state index contributed by atoms with van der Waals surface area (Å²) in [4.78, 5) is 24.6. The molecule has 1 aliphatic rings. The molecule has 0 spiro atoms. The van der Waals surface area contributed by atoms with Crippen LogP contribution in [0.1, 0.15) is 38.2 Å². The minimum Gasteiger partial charge on any atom is -0.352 e. The van der Waals surface area contributed by atoms with Crippen molar-refractivity contribution in [2.24, 2.45) is 5.92 Å². The lowest BCUT2D eigenvalue weighted by atomic mass is 9.91. The van der Waals surface area contributed by atoms with E-state index < -0.39 is 43.9 Å². The van der Waals surface area contributed by atoms with E-state index in [1.165, 1.54) is 31.2 Å². The Labute approximate surface area is 193 Å². The summed E-state index contributed by atoms with van der Waals surface area (Å²) in [6, 6.07) is 8.97. The largest absolute Gasteiger partial charge is 0.352 e. The molecule has 0 saturated heterocycles. The average Bonchev–Trinajstić information content (AvgIpc) is 2.89. The summed E-state index contributed by atoms with van der Waals surface area (Å²) in [6.07, 6.45) is 0.121. The van der Waals surface area contributed by atoms with Gasteiger partial charge in [-0.2, -0.15) is 0 Å². The molecule has 32 heavy (non-hydrogen) atoms. The molecule has 172 valence electrons. The van der Waals surface area contributed by atoms with E-state index in [9.17, 15) is 22.6 Å². The van der Waals surface area contributed by atoms with Crippen LogP contribution >= 0.6 is 15.9 Å². The number of carbonyl (C=O) groups excluding carboxylic acids is 2. The first-order valence-electron chi connectivity index (χ1n) is 10.1. The number of rotatable bonds is 5. The molecule has 1 amide bonds. The van der Waals surface area contributed by atoms with Crippen molar-refractivity contribution in [2.75, 3.05) is 0 Å². The van der Waals surface area contributed by atoms with Gasteiger partial charge in [-0.15, -0.1) is 0 Å². The third-order valence-electron chi connectivity index (χ3n) is 5.68. The number of benzene rings is 2. The molecule has 2 aromatic carbocycles. The molecule has 0 bridgehead atoms. The van der Waals surface area contributed by atoms with Crippen LogP contribution in [0.15, 0.2) is 51.8 Å². The molecular formula is C23H23BrF3NO3S. The summed E-state index contributed by atoms with van der Waals surface area (Å²) in [7, 11) is -3.42. The van der Waals surface area contributed by atoms with E-state index in [1.807, 2.05) is 0 Å². The van der Waals surface area contributed by atoms with Crippen LogP contribution < -0.4 is 5.32 Å². The van der Waals surface area contributed by atoms with Gasteiger partial charge in [0, 0.05) is 27.1 Å². The number of nitrogens with one attached hydrogen (secondary N) is 1. The molecule has 2 aromatic rings. The van der Waals surface area contributed by atoms with Gasteiger partial charge in [0.25, 0.3) is 0 Å². The fraction of sp³-hybridized carbons (Fsp3) is 0.391. The number of alkyl halides is 1. The predicted octanol–water partition coefficient (Wildman–Crippen LogP) is 5.04. The molecule has 1 saturated carbocycles. The standard InChI is InChI=1S/C23H23BrF3NO3S/c1-23(27)11-16(22(30)28-13-15-8-17(24)10-19(26)9-15)2-5-21(12-23)32(31,14-29)20-6-3-18(25)4-7-20/h3-4,6-10,16,21H,2,5,11-13H2,1H3,(H,28,30)/t16-,21?,23+,32?/m0/s1. The highest BCUT2D eigenvalue weighted by Gasteiger charge is 2.41. The highest BCUT2D eigenvalue weighted by molar-refractivity contribution is 9.10. The van der Waals surface area contributed by atoms with E-state index in [0.717, 1.165) is 12.1 Å². The lowest BCUT2D eigenvalue weighted by molar-refractivity contribution is -0.126. The Kier molecular flexibility index (Phi) is 7.53. The lowest BCUT2D eigenvalue weighted by Gasteiger charge is -2.25. The normalized spacial score (nSPS) is 25.3. The molecule has 0 heterocycles. The Morgan fingerprint density at radius 2 is 1.84 bits per heavy atom. The molecule has 1 aliphatic carbocycles. The van der Waals surface area contributed by atoms with Gasteiger partial charge in [0.05, 0.1) is 9.52 Å². The SMILES string of the molecule is C[C@]1(F)CC(S(=O)(=C=O)c2ccc(F)cc2)CC[C@H](C(=O)NCc2cc(F)cc(Br)c2)C1. The Balaban J connectivity index is 1.76. The van der Waals surface area contributed by atoms with Gasteiger partial charge in [-0.1, -0.05) is 15.9 Å². The summed E-state index contributed by atoms with van der Waals surface area (Å²) < 4.78 is 56.2. The summed E-state index contributed by atoms with van der Waals surface area (Å²) in [5.41, 5.74) is -1.29. The van der Waals surface area contributed by atoms with Crippen molar-refractivity contribution in [3.05, 3.63) is 64.1 Å². The smallest absolute Gasteiger partial charge is 0.223 e. The fourth-order valence-electron chi connectivity index (χ4n) is 4.16. The summed E-state index contributed by atoms with van der Waals surface area (Å²) in [5.74, 6) is -2.08. The van der Waals surface area contributed by atoms with E-state index in [-0.39, 0.29) is 37.1 Å². The van der Waals surface area contributed by atoms with Crippen molar-refractivity contribution in [3.63, 3.8) is 0 Å². The van der Waals surface area contributed by atoms with Crippen molar-refractivity contribution in [1.82, 2.24) is 5.32 Å². The first-order chi connectivity index (χ1) is 15.0. The van der Waals surface area contributed by atoms with Gasteiger partial charge in [0.2, 0.25) is 5.91 Å². The zero-order valence-electron chi connectivity index (χ0n) is 17.4. The quantitative estimate of drug-likeness (QED) is 0.435. The molecule has 0 radical (unpaired) electrons. The number of hydrogen-bond acceptors (Lipinski definition) is 3. The van der Waals surface area contributed by atoms with Crippen molar-refractivity contribution < 1.29 is 27.0 Å². The van der Waals surface area contributed by atoms with Crippen LogP contribution in [-0.4, -0.2) is 26.3 Å². The number of amides is 1. The second-order valence-electron chi connectivity index (χ2n) is 8.35. The van der Waals surface area contributed by atoms with Gasteiger partial charge in [0.1, 0.15) is 17.3 Å². The van der Waals surface area contributed by atoms with E-state index >= 15 is 4.39 Å². The molecule has 4 atom stereocenters. The molecule has 0 aromatic heterocycles. The van der Waals surface area contributed by atoms with Gasteiger partial charge in [-0.05, 0) is 80.6 Å². The number of halogens is 4. The van der Waals surface area contributed by atoms with Crippen LogP contribution in [0, 0.1) is 17.6 Å². The lowest BCUT2D eigenvalue weighted by Crippen LogP contribution is -2.34. The third-order valence-corrected chi connectivity index (χ3v) is 8.70. The van der Waals surface area contributed by atoms with Gasteiger partial charge < -0.3 is 5.32 Å². The first-order valence-corrected chi connectivity index (χ1v) is 12.5. The second-order valence-corrected chi connectivity index (χ2v) is 11.8. The van der Waals surface area contributed by atoms with Crippen molar-refractivity contribution in [3.8, 4) is 0 Å². The molecule has 0 aliphatic heterocycles. The van der Waals surface area contributed by atoms with E-state index in [0.29, 0.717) is 10.0 Å². The average molecular weight is 530 g/mol. The van der Waals surface area contributed by atoms with Crippen molar-refractivity contribution >= 4 is 36.6 Å². The molecule has 1 fully saturated rings. The summed E-state index contributed by atoms with van der Waals surface area (Å²) in [5, 5.41) is 3.45. The highest BCUT2D eigenvalue weighted by atomic mass is 79.9. The maximum Gasteiger partial charge on any atom is 0.223 e. The Morgan fingerprint density at radius 1 is 1.16 bits per heavy atom. The molecule has 1 N–H and O–H groups in total. The Morgan fingerprint density at radius 3 is 2.47 bits per heavy atom. The van der Waals surface area contributed by atoms with Gasteiger partial charge in [0.15, 0.2) is 5.23 Å². The van der Waals surface area contributed by atoms with E-state index in [4.69, 9.17) is 0 Å². The maximum absolute atomic E-state index is 15.4. The molecule has 2 unspecified atom stereocenters. The van der Waals surface area contributed by atoms with Gasteiger partial charge in [-0.3, -0.25) is 9.00 Å². The van der Waals surface area contributed by atoms with Crippen LogP contribution in [0.2, 0.25) is 0 Å². The predicted molar refractivity (Wildman–Crippen MR) is 120 cm³/mol. The minimum absolute atomic E-state index is 0.0760. The molecule has 9 heteroatoms. The minimum atomic E-state index is -3.42. The topological polar surface area (TPSA) is 63.2 Å². The second kappa shape index (κ2) is 9.81. The van der Waals surface area contributed by atoms with E-state index in [1.54, 1.807) is 11.3 Å². The zero-order valence-corrected chi connectivity index (χ0v) is 19.8. The van der Waals surface area contributed by atoms with Crippen molar-refractivity contribution in [1.29, 1.82) is 0 Å². The third kappa shape index (κ3) is 5.82. The van der Waals surface area contributed by atoms with E-state index in [2.05, 4.69) is 21.2 Å². The van der Waals surface area contributed by atoms with Crippen molar-refractivity contribution in [2.45, 2.75) is 55.0 Å². The molecule has 4 nitrogen and oxygen atoms in total. The molecule has 3 rings (SSSR count). The van der Waals surface area contributed by atoms with Gasteiger partial charge in [-0.25, -0.2) is 18.0 Å². The van der Waals surface area contributed by atoms with Crippen LogP contribution in [0.4, 0.5) is 13.2 Å². The molecular weight excluding hydrogens is 507 g/mol. The first kappa shape index (κ1) is 24.6. The summed E-state index contributed by atoms with van der Waals surface area (Å²) >= 11 is 3.20. The number of hydrogen-bond donors (Lipinski definition) is 1.